The maximum atomic E-state index is 15.3. The van der Waals surface area contributed by atoms with Gasteiger partial charge in [0, 0.05) is 67.1 Å². The van der Waals surface area contributed by atoms with Crippen molar-refractivity contribution >= 4 is 23.4 Å². The van der Waals surface area contributed by atoms with Crippen LogP contribution in [0.5, 0.6) is 11.5 Å². The Kier molecular flexibility index (Phi) is 15.7. The van der Waals surface area contributed by atoms with Gasteiger partial charge in [-0.2, -0.15) is 0 Å². The van der Waals surface area contributed by atoms with E-state index in [-0.39, 0.29) is 81.3 Å². The first kappa shape index (κ1) is 50.3. The number of Topliss-reactive ketones (excluding diaryl/α,β-unsaturated/α-hetero) is 1. The Morgan fingerprint density at radius 3 is 2.43 bits per heavy atom. The Bertz CT molecular complexity index is 2480. The van der Waals surface area contributed by atoms with Gasteiger partial charge >= 0.3 is 11.9 Å². The molecule has 7 N–H and O–H groups in total. The third-order valence-corrected chi connectivity index (χ3v) is 15.4. The van der Waals surface area contributed by atoms with Crippen molar-refractivity contribution < 1.29 is 59.2 Å². The number of rotatable bonds is 11. The number of methoxy groups -OCH3 is 1. The van der Waals surface area contributed by atoms with Gasteiger partial charge in [0.1, 0.15) is 40.7 Å². The van der Waals surface area contributed by atoms with Crippen LogP contribution in [0.1, 0.15) is 148 Å². The number of anilines is 1. The second-order valence-electron chi connectivity index (χ2n) is 20.6. The smallest absolute Gasteiger partial charge is 0.334 e. The molecule has 13 nitrogen and oxygen atoms in total. The molecule has 8 bridgehead atoms. The highest BCUT2D eigenvalue weighted by Gasteiger charge is 2.49. The Morgan fingerprint density at radius 1 is 0.942 bits per heavy atom. The number of hydrogen-bond acceptors (Lipinski definition) is 13. The summed E-state index contributed by atoms with van der Waals surface area (Å²) in [5.41, 5.74) is 1.71. The van der Waals surface area contributed by atoms with Gasteiger partial charge in [-0.15, -0.1) is 0 Å². The van der Waals surface area contributed by atoms with Crippen LogP contribution in [0.2, 0.25) is 0 Å². The van der Waals surface area contributed by atoms with Gasteiger partial charge in [-0.3, -0.25) is 9.59 Å². The fourth-order valence-corrected chi connectivity index (χ4v) is 11.6. The molecule has 2 saturated carbocycles. The number of hydrogen-bond donors (Lipinski definition) is 7. The third-order valence-electron chi connectivity index (χ3n) is 15.4. The minimum absolute atomic E-state index is 0.0580. The molecule has 3 aliphatic heterocycles. The molecule has 9 atom stereocenters. The first-order chi connectivity index (χ1) is 33.1. The van der Waals surface area contributed by atoms with Gasteiger partial charge < -0.3 is 50.2 Å². The monoisotopic (exact) mass is 947 g/mol. The van der Waals surface area contributed by atoms with E-state index in [4.69, 9.17) is 14.2 Å². The van der Waals surface area contributed by atoms with Crippen molar-refractivity contribution in [2.75, 3.05) is 25.6 Å². The van der Waals surface area contributed by atoms with Gasteiger partial charge in [-0.25, -0.2) is 4.79 Å². The fourth-order valence-electron chi connectivity index (χ4n) is 11.6. The van der Waals surface area contributed by atoms with E-state index < -0.39 is 65.1 Å². The Hall–Kier alpha value is -5.07. The van der Waals surface area contributed by atoms with Crippen molar-refractivity contribution in [3.63, 3.8) is 0 Å². The molecule has 0 amide bonds. The van der Waals surface area contributed by atoms with E-state index in [1.54, 1.807) is 24.3 Å². The zero-order chi connectivity index (χ0) is 49.0. The topological polar surface area (TPSA) is 212 Å². The molecule has 370 valence electrons. The predicted octanol–water partition coefficient (Wildman–Crippen LogP) is 6.74. The highest BCUT2D eigenvalue weighted by molar-refractivity contribution is 5.89. The van der Waals surface area contributed by atoms with E-state index in [1.807, 2.05) is 31.2 Å². The summed E-state index contributed by atoms with van der Waals surface area (Å²) in [6.07, 6.45) is 4.42. The molecule has 3 heterocycles. The fraction of sp³-hybridized carbons (Fsp3) is 0.554. The van der Waals surface area contributed by atoms with Crippen LogP contribution in [0.4, 0.5) is 5.69 Å². The molecule has 0 saturated heterocycles. The summed E-state index contributed by atoms with van der Waals surface area (Å²) < 4.78 is 17.9. The molecule has 9 unspecified atom stereocenters. The number of phenols is 1. The number of aliphatic hydroxyl groups excluding tert-OH is 3. The second kappa shape index (κ2) is 21.5. The lowest BCUT2D eigenvalue weighted by Gasteiger charge is -2.45. The molecule has 0 spiro atoms. The molecule has 8 rings (SSSR count). The number of nitrogens with one attached hydrogen (secondary N) is 1. The summed E-state index contributed by atoms with van der Waals surface area (Å²) >= 11 is 0. The summed E-state index contributed by atoms with van der Waals surface area (Å²) in [5.74, 6) is 3.44. The number of ketones is 1. The number of ether oxygens (including phenoxy) is 3. The van der Waals surface area contributed by atoms with Crippen LogP contribution in [0.25, 0.3) is 0 Å². The van der Waals surface area contributed by atoms with E-state index in [9.17, 15) is 40.2 Å². The summed E-state index contributed by atoms with van der Waals surface area (Å²) in [5, 5.41) is 73.3. The zero-order valence-electron chi connectivity index (χ0n) is 40.2. The Morgan fingerprint density at radius 2 is 1.70 bits per heavy atom. The van der Waals surface area contributed by atoms with Crippen molar-refractivity contribution in [2.45, 2.75) is 164 Å². The van der Waals surface area contributed by atoms with Gasteiger partial charge in [0.15, 0.2) is 0 Å². The number of aliphatic hydroxyl groups is 5. The summed E-state index contributed by atoms with van der Waals surface area (Å²) in [4.78, 5) is 42.6. The molecule has 2 aliphatic carbocycles. The Labute approximate surface area is 405 Å². The van der Waals surface area contributed by atoms with E-state index in [0.29, 0.717) is 64.9 Å². The molecule has 13 heteroatoms. The first-order valence-electron chi connectivity index (χ1n) is 25.0. The van der Waals surface area contributed by atoms with Crippen LogP contribution in [0.15, 0.2) is 60.2 Å². The van der Waals surface area contributed by atoms with Crippen LogP contribution in [0.3, 0.4) is 0 Å². The van der Waals surface area contributed by atoms with Gasteiger partial charge in [-0.1, -0.05) is 74.8 Å². The van der Waals surface area contributed by atoms with Crippen molar-refractivity contribution in [3.8, 4) is 23.3 Å². The molecule has 3 aromatic carbocycles. The van der Waals surface area contributed by atoms with Crippen LogP contribution in [0, 0.1) is 23.7 Å². The molecule has 69 heavy (non-hydrogen) atoms. The lowest BCUT2D eigenvalue weighted by molar-refractivity contribution is -0.176. The summed E-state index contributed by atoms with van der Waals surface area (Å²) in [7, 11) is 1.43. The van der Waals surface area contributed by atoms with E-state index >= 15 is 4.79 Å². The van der Waals surface area contributed by atoms with E-state index in [2.05, 4.69) is 17.2 Å². The number of benzene rings is 3. The van der Waals surface area contributed by atoms with Crippen molar-refractivity contribution in [2.24, 2.45) is 11.8 Å². The van der Waals surface area contributed by atoms with Gasteiger partial charge in [0.2, 0.25) is 0 Å². The van der Waals surface area contributed by atoms with Gasteiger partial charge in [-0.05, 0) is 116 Å². The maximum Gasteiger partial charge on any atom is 0.334 e. The SMILES string of the molecule is CCCC1(O)C2CCC(=O)C(Cc3cccc(c3)CC(O)C=C3CC(c4cc(CO)cc(NCC(C)(O)C(O)COC)c4)C#CC4CC(=O)Oc5c4cc(c(O)c5C4CCCCC4)CC1OC3=O)C2. The zero-order valence-corrected chi connectivity index (χ0v) is 40.2. The average Bonchev–Trinajstić information content (AvgIpc) is 3.33. The van der Waals surface area contributed by atoms with Gasteiger partial charge in [0.25, 0.3) is 0 Å². The van der Waals surface area contributed by atoms with Crippen LogP contribution in [-0.2, 0) is 49.7 Å². The number of esters is 2. The lowest BCUT2D eigenvalue weighted by atomic mass is 9.66. The van der Waals surface area contributed by atoms with E-state index in [1.165, 1.54) is 20.1 Å². The molecular formula is C56H69NO12. The largest absolute Gasteiger partial charge is 0.507 e. The van der Waals surface area contributed by atoms with Gasteiger partial charge in [0.05, 0.1) is 31.7 Å². The second-order valence-corrected chi connectivity index (χ2v) is 20.6. The lowest BCUT2D eigenvalue weighted by Crippen LogP contribution is -2.54. The highest BCUT2D eigenvalue weighted by Crippen LogP contribution is 2.51. The maximum absolute atomic E-state index is 15.3. The number of fused-ring (bicyclic) bond motifs is 8. The quantitative estimate of drug-likeness (QED) is 0.0604. The van der Waals surface area contributed by atoms with Crippen LogP contribution >= 0.6 is 0 Å². The Balaban J connectivity index is 1.34. The normalized spacial score (nSPS) is 27.8. The number of phenolic OH excluding ortho intramolecular Hbond substituents is 1. The van der Waals surface area contributed by atoms with Crippen LogP contribution in [-0.4, -0.2) is 98.1 Å². The molecule has 0 radical (unpaired) electrons. The molecule has 2 fully saturated rings. The van der Waals surface area contributed by atoms with Crippen LogP contribution < -0.4 is 10.1 Å². The first-order valence-corrected chi connectivity index (χ1v) is 25.0. The number of carbonyl (C=O) groups is 3. The molecular weight excluding hydrogens is 879 g/mol. The standard InChI is InChI=1S/C56H69NO12/c1-4-17-56(66)43-15-16-47(60)40(24-43)19-33-9-8-10-34(18-33)22-45(59)26-42-23-37(39-20-35(30-58)21-44(25-39)57-32-55(2,65)48(61)31-67-3)13-14-38-29-50(62)69-53-46(38)27-41(28-49(56)68-54(42)64)52(63)51(53)36-11-6-5-7-12-36/h8-10,18,20-21,25-27,36-38,40,43,45,48-49,57-59,61,63,65-66H,4-7,11-12,15-17,19,22-24,28-32H2,1-3H3. The number of carbonyl (C=O) groups excluding carboxylic acids is 3. The predicted molar refractivity (Wildman–Crippen MR) is 259 cm³/mol. The summed E-state index contributed by atoms with van der Waals surface area (Å²) in [6, 6.07) is 14.8. The highest BCUT2D eigenvalue weighted by atomic mass is 16.6. The van der Waals surface area contributed by atoms with Crippen molar-refractivity contribution in [1.29, 1.82) is 0 Å². The average molecular weight is 948 g/mol. The summed E-state index contributed by atoms with van der Waals surface area (Å²) in [6.45, 7) is 2.88. The minimum atomic E-state index is -1.65. The molecule has 3 aromatic rings. The number of aromatic hydroxyl groups is 1. The molecule has 5 aliphatic rings. The minimum Gasteiger partial charge on any atom is -0.507 e. The van der Waals surface area contributed by atoms with E-state index in [0.717, 1.165) is 43.2 Å². The van der Waals surface area contributed by atoms with Crippen molar-refractivity contribution in [1.82, 2.24) is 0 Å². The third kappa shape index (κ3) is 11.3. The van der Waals surface area contributed by atoms with Crippen molar-refractivity contribution in [3.05, 3.63) is 99.1 Å². The molecule has 0 aromatic heterocycles.